The van der Waals surface area contributed by atoms with Gasteiger partial charge in [-0.15, -0.1) is 0 Å². The SMILES string of the molecule is Cc1ccc(Br)cc1C(NN)c1ccncc1F. The Morgan fingerprint density at radius 2 is 2.11 bits per heavy atom. The molecule has 94 valence electrons. The fourth-order valence-electron chi connectivity index (χ4n) is 1.89. The molecule has 2 aromatic rings. The van der Waals surface area contributed by atoms with Gasteiger partial charge in [0.1, 0.15) is 5.82 Å². The summed E-state index contributed by atoms with van der Waals surface area (Å²) >= 11 is 3.41. The van der Waals surface area contributed by atoms with Gasteiger partial charge < -0.3 is 0 Å². The van der Waals surface area contributed by atoms with Crippen molar-refractivity contribution in [3.05, 3.63) is 63.6 Å². The minimum absolute atomic E-state index is 0.375. The summed E-state index contributed by atoms with van der Waals surface area (Å²) in [5.74, 6) is 5.20. The predicted molar refractivity (Wildman–Crippen MR) is 72.2 cm³/mol. The second-order valence-corrected chi connectivity index (χ2v) is 4.91. The zero-order valence-corrected chi connectivity index (χ0v) is 11.4. The van der Waals surface area contributed by atoms with Gasteiger partial charge in [-0.05, 0) is 36.2 Å². The van der Waals surface area contributed by atoms with Crippen molar-refractivity contribution in [2.45, 2.75) is 13.0 Å². The average molecular weight is 310 g/mol. The smallest absolute Gasteiger partial charge is 0.146 e. The van der Waals surface area contributed by atoms with E-state index in [2.05, 4.69) is 26.3 Å². The van der Waals surface area contributed by atoms with Gasteiger partial charge >= 0.3 is 0 Å². The first-order valence-corrected chi connectivity index (χ1v) is 6.24. The normalized spacial score (nSPS) is 12.4. The van der Waals surface area contributed by atoms with Gasteiger partial charge in [-0.1, -0.05) is 22.0 Å². The summed E-state index contributed by atoms with van der Waals surface area (Å²) < 4.78 is 14.7. The Balaban J connectivity index is 2.52. The Hall–Kier alpha value is -1.30. The molecule has 0 saturated heterocycles. The first-order valence-electron chi connectivity index (χ1n) is 5.45. The van der Waals surface area contributed by atoms with Crippen molar-refractivity contribution in [3.8, 4) is 0 Å². The summed E-state index contributed by atoms with van der Waals surface area (Å²) in [5, 5.41) is 0. The monoisotopic (exact) mass is 309 g/mol. The van der Waals surface area contributed by atoms with Crippen LogP contribution in [0, 0.1) is 12.7 Å². The molecule has 0 bridgehead atoms. The lowest BCUT2D eigenvalue weighted by atomic mass is 9.96. The summed E-state index contributed by atoms with van der Waals surface area (Å²) in [6, 6.07) is 7.06. The molecule has 0 aliphatic heterocycles. The maximum Gasteiger partial charge on any atom is 0.146 e. The van der Waals surface area contributed by atoms with Crippen LogP contribution in [0.2, 0.25) is 0 Å². The number of halogens is 2. The molecule has 0 saturated carbocycles. The number of aryl methyl sites for hydroxylation is 1. The van der Waals surface area contributed by atoms with Crippen molar-refractivity contribution in [1.29, 1.82) is 0 Å². The summed E-state index contributed by atoms with van der Waals surface area (Å²) in [7, 11) is 0. The molecule has 18 heavy (non-hydrogen) atoms. The van der Waals surface area contributed by atoms with Crippen molar-refractivity contribution < 1.29 is 4.39 Å². The van der Waals surface area contributed by atoms with E-state index in [1.807, 2.05) is 25.1 Å². The largest absolute Gasteiger partial charge is 0.271 e. The number of nitrogens with zero attached hydrogens (tertiary/aromatic N) is 1. The van der Waals surface area contributed by atoms with Crippen LogP contribution in [0.25, 0.3) is 0 Å². The van der Waals surface area contributed by atoms with E-state index >= 15 is 0 Å². The van der Waals surface area contributed by atoms with Gasteiger partial charge in [0.25, 0.3) is 0 Å². The maximum atomic E-state index is 13.8. The molecule has 1 aromatic heterocycles. The summed E-state index contributed by atoms with van der Waals surface area (Å²) in [5.41, 5.74) is 5.10. The third-order valence-electron chi connectivity index (χ3n) is 2.83. The minimum atomic E-state index is -0.398. The number of nitrogens with two attached hydrogens (primary N) is 1. The lowest BCUT2D eigenvalue weighted by Crippen LogP contribution is -2.30. The maximum absolute atomic E-state index is 13.8. The van der Waals surface area contributed by atoms with Crippen LogP contribution < -0.4 is 11.3 Å². The van der Waals surface area contributed by atoms with E-state index in [9.17, 15) is 4.39 Å². The number of pyridine rings is 1. The van der Waals surface area contributed by atoms with Crippen molar-refractivity contribution in [3.63, 3.8) is 0 Å². The van der Waals surface area contributed by atoms with Crippen LogP contribution in [0.3, 0.4) is 0 Å². The topological polar surface area (TPSA) is 50.9 Å². The number of benzene rings is 1. The van der Waals surface area contributed by atoms with E-state index < -0.39 is 6.04 Å². The van der Waals surface area contributed by atoms with Crippen LogP contribution in [0.15, 0.2) is 41.1 Å². The molecule has 1 aromatic carbocycles. The molecule has 1 unspecified atom stereocenters. The molecule has 5 heteroatoms. The van der Waals surface area contributed by atoms with Crippen LogP contribution in [-0.4, -0.2) is 4.98 Å². The molecule has 0 radical (unpaired) electrons. The Kier molecular flexibility index (Phi) is 4.06. The molecule has 1 atom stereocenters. The Labute approximate surface area is 113 Å². The molecule has 0 aliphatic rings. The third kappa shape index (κ3) is 2.58. The van der Waals surface area contributed by atoms with Gasteiger partial charge in [0.2, 0.25) is 0 Å². The van der Waals surface area contributed by atoms with Crippen molar-refractivity contribution >= 4 is 15.9 Å². The number of rotatable bonds is 3. The fourth-order valence-corrected chi connectivity index (χ4v) is 2.27. The molecule has 3 N–H and O–H groups in total. The highest BCUT2D eigenvalue weighted by Gasteiger charge is 2.18. The standard InChI is InChI=1S/C13H13BrFN3/c1-8-2-3-9(14)6-11(8)13(18-16)10-4-5-17-7-12(10)15/h2-7,13,18H,16H2,1H3. The first-order chi connectivity index (χ1) is 8.63. The quantitative estimate of drug-likeness (QED) is 0.677. The molecule has 1 heterocycles. The highest BCUT2D eigenvalue weighted by atomic mass is 79.9. The van der Waals surface area contributed by atoms with Crippen molar-refractivity contribution in [2.24, 2.45) is 5.84 Å². The fraction of sp³-hybridized carbons (Fsp3) is 0.154. The van der Waals surface area contributed by atoms with E-state index in [4.69, 9.17) is 5.84 Å². The zero-order chi connectivity index (χ0) is 13.1. The van der Waals surface area contributed by atoms with Crippen molar-refractivity contribution in [1.82, 2.24) is 10.4 Å². The number of hydrazine groups is 1. The molecule has 0 aliphatic carbocycles. The lowest BCUT2D eigenvalue weighted by molar-refractivity contribution is 0.554. The molecule has 0 amide bonds. The van der Waals surface area contributed by atoms with Crippen LogP contribution in [0.5, 0.6) is 0 Å². The van der Waals surface area contributed by atoms with Gasteiger partial charge in [-0.3, -0.25) is 10.8 Å². The Bertz CT molecular complexity index is 560. The van der Waals surface area contributed by atoms with Crippen LogP contribution >= 0.6 is 15.9 Å². The second-order valence-electron chi connectivity index (χ2n) is 4.00. The Morgan fingerprint density at radius 1 is 1.33 bits per heavy atom. The lowest BCUT2D eigenvalue weighted by Gasteiger charge is -2.19. The van der Waals surface area contributed by atoms with Gasteiger partial charge in [0.15, 0.2) is 0 Å². The second kappa shape index (κ2) is 5.56. The van der Waals surface area contributed by atoms with Gasteiger partial charge in [0.05, 0.1) is 12.2 Å². The predicted octanol–water partition coefficient (Wildman–Crippen LogP) is 2.84. The van der Waals surface area contributed by atoms with Crippen LogP contribution in [0.4, 0.5) is 4.39 Å². The van der Waals surface area contributed by atoms with Crippen LogP contribution in [0.1, 0.15) is 22.7 Å². The van der Waals surface area contributed by atoms with Gasteiger partial charge in [-0.2, -0.15) is 0 Å². The molecule has 0 spiro atoms. The van der Waals surface area contributed by atoms with Gasteiger partial charge in [-0.25, -0.2) is 9.82 Å². The van der Waals surface area contributed by atoms with Crippen molar-refractivity contribution in [2.75, 3.05) is 0 Å². The molecule has 2 rings (SSSR count). The van der Waals surface area contributed by atoms with Crippen LogP contribution in [-0.2, 0) is 0 Å². The highest BCUT2D eigenvalue weighted by Crippen LogP contribution is 2.28. The first kappa shape index (κ1) is 13.1. The zero-order valence-electron chi connectivity index (χ0n) is 9.82. The minimum Gasteiger partial charge on any atom is -0.271 e. The number of hydrogen-bond donors (Lipinski definition) is 2. The van der Waals surface area contributed by atoms with E-state index in [-0.39, 0.29) is 5.82 Å². The molecular weight excluding hydrogens is 297 g/mol. The number of nitrogens with one attached hydrogen (secondary N) is 1. The molecular formula is C13H13BrFN3. The van der Waals surface area contributed by atoms with E-state index in [0.29, 0.717) is 5.56 Å². The highest BCUT2D eigenvalue weighted by molar-refractivity contribution is 9.10. The van der Waals surface area contributed by atoms with E-state index in [1.165, 1.54) is 6.20 Å². The van der Waals surface area contributed by atoms with Gasteiger partial charge in [0, 0.05) is 16.2 Å². The third-order valence-corrected chi connectivity index (χ3v) is 3.33. The number of hydrogen-bond acceptors (Lipinski definition) is 3. The molecule has 0 fully saturated rings. The molecule has 3 nitrogen and oxygen atoms in total. The average Bonchev–Trinajstić information content (AvgIpc) is 2.36. The van der Waals surface area contributed by atoms with E-state index in [1.54, 1.807) is 12.3 Å². The summed E-state index contributed by atoms with van der Waals surface area (Å²) in [6.07, 6.45) is 2.74. The summed E-state index contributed by atoms with van der Waals surface area (Å²) in [4.78, 5) is 3.74. The van der Waals surface area contributed by atoms with E-state index in [0.717, 1.165) is 15.6 Å². The summed E-state index contributed by atoms with van der Waals surface area (Å²) in [6.45, 7) is 1.96. The number of aromatic nitrogens is 1. The Morgan fingerprint density at radius 3 is 2.78 bits per heavy atom.